The van der Waals surface area contributed by atoms with Gasteiger partial charge in [-0.1, -0.05) is 27.7 Å². The van der Waals surface area contributed by atoms with Gasteiger partial charge in [-0.2, -0.15) is 0 Å². The van der Waals surface area contributed by atoms with Crippen LogP contribution in [0.2, 0.25) is 0 Å². The van der Waals surface area contributed by atoms with Crippen molar-refractivity contribution in [2.45, 2.75) is 84.1 Å². The number of Topliss-reactive ketones (excluding diaryl/α,β-unsaturated/α-hetero) is 1. The molecule has 4 rings (SSSR count). The Labute approximate surface area is 194 Å². The van der Waals surface area contributed by atoms with Gasteiger partial charge in [-0.05, 0) is 60.5 Å². The topological polar surface area (TPSA) is 80.7 Å². The molecule has 0 aliphatic heterocycles. The lowest BCUT2D eigenvalue weighted by molar-refractivity contribution is -0.206. The van der Waals surface area contributed by atoms with Crippen LogP contribution in [0.25, 0.3) is 0 Å². The third-order valence-corrected chi connectivity index (χ3v) is 9.75. The van der Waals surface area contributed by atoms with Gasteiger partial charge in [0.1, 0.15) is 6.17 Å². The number of halogens is 2. The van der Waals surface area contributed by atoms with Crippen LogP contribution in [0.1, 0.15) is 66.2 Å². The summed E-state index contributed by atoms with van der Waals surface area (Å²) in [6.07, 6.45) is 1.49. The molecule has 5 nitrogen and oxygen atoms in total. The monoisotopic (exact) mass is 468 g/mol. The van der Waals surface area contributed by atoms with Crippen LogP contribution < -0.4 is 0 Å². The Morgan fingerprint density at radius 3 is 2.62 bits per heavy atom. The van der Waals surface area contributed by atoms with E-state index in [1.807, 2.05) is 20.8 Å². The number of aliphatic hydroxyl groups excluding tert-OH is 1. The molecule has 0 aromatic heterocycles. The molecule has 0 radical (unpaired) electrons. The average molecular weight is 469 g/mol. The number of aliphatic hydroxyl groups is 1. The van der Waals surface area contributed by atoms with Crippen molar-refractivity contribution in [1.29, 1.82) is 0 Å². The maximum absolute atomic E-state index is 15.5. The van der Waals surface area contributed by atoms with E-state index in [0.29, 0.717) is 24.8 Å². The van der Waals surface area contributed by atoms with E-state index < -0.39 is 34.7 Å². The second-order valence-electron chi connectivity index (χ2n) is 10.9. The van der Waals surface area contributed by atoms with Crippen LogP contribution in [-0.4, -0.2) is 46.4 Å². The zero-order chi connectivity index (χ0) is 23.6. The number of rotatable bonds is 4. The van der Waals surface area contributed by atoms with Crippen LogP contribution in [0.4, 0.5) is 4.39 Å². The molecule has 3 saturated carbocycles. The fourth-order valence-electron chi connectivity index (χ4n) is 8.23. The summed E-state index contributed by atoms with van der Waals surface area (Å²) in [7, 11) is 0. The molecule has 0 saturated heterocycles. The highest BCUT2D eigenvalue weighted by molar-refractivity contribution is 6.29. The van der Waals surface area contributed by atoms with Crippen molar-refractivity contribution in [3.05, 3.63) is 11.6 Å². The summed E-state index contributed by atoms with van der Waals surface area (Å²) in [6.45, 7) is 7.48. The van der Waals surface area contributed by atoms with Crippen LogP contribution in [0, 0.1) is 34.5 Å². The van der Waals surface area contributed by atoms with E-state index in [9.17, 15) is 19.5 Å². The van der Waals surface area contributed by atoms with Crippen molar-refractivity contribution in [2.75, 3.05) is 5.88 Å². The molecular formula is C25H34ClFO5. The molecule has 4 aliphatic carbocycles. The predicted octanol–water partition coefficient (Wildman–Crippen LogP) is 4.18. The van der Waals surface area contributed by atoms with Crippen molar-refractivity contribution in [1.82, 2.24) is 0 Å². The molecule has 7 heteroatoms. The minimum Gasteiger partial charge on any atom is -0.450 e. The summed E-state index contributed by atoms with van der Waals surface area (Å²) in [6, 6.07) is 0. The molecule has 178 valence electrons. The molecule has 3 fully saturated rings. The third kappa shape index (κ3) is 3.01. The average Bonchev–Trinajstić information content (AvgIpc) is 2.95. The third-order valence-electron chi connectivity index (χ3n) is 9.51. The first-order valence-electron chi connectivity index (χ1n) is 11.8. The predicted molar refractivity (Wildman–Crippen MR) is 118 cm³/mol. The van der Waals surface area contributed by atoms with Gasteiger partial charge in [0.2, 0.25) is 0 Å². The second kappa shape index (κ2) is 7.90. The summed E-state index contributed by atoms with van der Waals surface area (Å²) in [4.78, 5) is 37.8. The van der Waals surface area contributed by atoms with Crippen molar-refractivity contribution in [3.8, 4) is 0 Å². The van der Waals surface area contributed by atoms with Crippen molar-refractivity contribution >= 4 is 29.1 Å². The highest BCUT2D eigenvalue weighted by Crippen LogP contribution is 2.69. The molecule has 0 bridgehead atoms. The quantitative estimate of drug-likeness (QED) is 0.494. The highest BCUT2D eigenvalue weighted by Gasteiger charge is 2.73. The Bertz CT molecular complexity index is 872. The molecule has 0 spiro atoms. The number of carbonyl (C=O) groups excluding carboxylic acids is 3. The zero-order valence-electron chi connectivity index (χ0n) is 19.3. The van der Waals surface area contributed by atoms with Crippen LogP contribution in [0.3, 0.4) is 0 Å². The second-order valence-corrected chi connectivity index (χ2v) is 11.2. The van der Waals surface area contributed by atoms with Crippen molar-refractivity contribution in [3.63, 3.8) is 0 Å². The lowest BCUT2D eigenvalue weighted by Gasteiger charge is -2.61. The summed E-state index contributed by atoms with van der Waals surface area (Å²) in [5.74, 6) is -1.92. The van der Waals surface area contributed by atoms with E-state index in [-0.39, 0.29) is 60.4 Å². The van der Waals surface area contributed by atoms with Gasteiger partial charge in [0.05, 0.1) is 12.0 Å². The molecule has 0 amide bonds. The van der Waals surface area contributed by atoms with E-state index in [1.54, 1.807) is 6.92 Å². The van der Waals surface area contributed by atoms with E-state index in [0.717, 1.165) is 0 Å². The number of carbonyl (C=O) groups is 3. The Hall–Kier alpha value is -1.27. The van der Waals surface area contributed by atoms with E-state index >= 15 is 4.39 Å². The first-order valence-corrected chi connectivity index (χ1v) is 12.4. The van der Waals surface area contributed by atoms with Gasteiger partial charge >= 0.3 is 5.97 Å². The Balaban J connectivity index is 1.82. The molecule has 0 unspecified atom stereocenters. The molecule has 0 aromatic rings. The number of allylic oxidation sites excluding steroid dienone is 1. The van der Waals surface area contributed by atoms with E-state index in [1.165, 1.54) is 6.08 Å². The van der Waals surface area contributed by atoms with Crippen LogP contribution >= 0.6 is 11.6 Å². The number of ether oxygens (including phenoxy) is 1. The van der Waals surface area contributed by atoms with Gasteiger partial charge in [-0.25, -0.2) is 4.39 Å². The first-order chi connectivity index (χ1) is 15.0. The largest absolute Gasteiger partial charge is 0.450 e. The number of fused-ring (bicyclic) bond motifs is 5. The fraction of sp³-hybridized carbons (Fsp3) is 0.800. The van der Waals surface area contributed by atoms with Crippen molar-refractivity contribution in [2.24, 2.45) is 34.5 Å². The minimum atomic E-state index is -1.43. The molecule has 0 aromatic carbocycles. The maximum atomic E-state index is 15.5. The van der Waals surface area contributed by atoms with Crippen molar-refractivity contribution < 1.29 is 28.6 Å². The summed E-state index contributed by atoms with van der Waals surface area (Å²) >= 11 is 6.03. The molecule has 4 aliphatic rings. The number of alkyl halides is 2. The Morgan fingerprint density at radius 2 is 2.00 bits per heavy atom. The van der Waals surface area contributed by atoms with E-state index in [4.69, 9.17) is 16.3 Å². The van der Waals surface area contributed by atoms with Gasteiger partial charge in [-0.3, -0.25) is 14.4 Å². The summed E-state index contributed by atoms with van der Waals surface area (Å²) in [5, 5.41) is 11.5. The Kier molecular flexibility index (Phi) is 5.89. The molecule has 9 atom stereocenters. The standard InChI is InChI=1S/C25H34ClFO5/c1-5-21(31)32-25(20(30)12-26)13(2)8-16-15-10-18(27)17-9-14(28)6-7-23(17,3)22(15)19(29)11-24(16,25)4/h9,13,15-16,18-19,22,29H,5-8,10-12H2,1-4H3/t13-,15-,16-,18-,19-,22+,23-,24-,25-/m0/s1. The normalized spacial score (nSPS) is 47.7. The number of hydrogen-bond donors (Lipinski definition) is 1. The van der Waals surface area contributed by atoms with E-state index in [2.05, 4.69) is 0 Å². The van der Waals surface area contributed by atoms with Crippen LogP contribution in [0.5, 0.6) is 0 Å². The zero-order valence-corrected chi connectivity index (χ0v) is 20.1. The van der Waals surface area contributed by atoms with Crippen LogP contribution in [-0.2, 0) is 19.1 Å². The fourth-order valence-corrected chi connectivity index (χ4v) is 8.43. The first kappa shape index (κ1) is 23.9. The molecule has 0 heterocycles. The number of hydrogen-bond acceptors (Lipinski definition) is 5. The minimum absolute atomic E-state index is 0.0543. The molecular weight excluding hydrogens is 435 g/mol. The van der Waals surface area contributed by atoms with Crippen LogP contribution in [0.15, 0.2) is 11.6 Å². The molecule has 32 heavy (non-hydrogen) atoms. The van der Waals surface area contributed by atoms with Gasteiger partial charge in [0.25, 0.3) is 0 Å². The van der Waals surface area contributed by atoms with Gasteiger partial charge < -0.3 is 9.84 Å². The summed E-state index contributed by atoms with van der Waals surface area (Å²) < 4.78 is 21.5. The lowest BCUT2D eigenvalue weighted by Crippen LogP contribution is -2.65. The summed E-state index contributed by atoms with van der Waals surface area (Å²) in [5.41, 5.74) is -2.35. The van der Waals surface area contributed by atoms with Gasteiger partial charge in [0, 0.05) is 24.2 Å². The highest BCUT2D eigenvalue weighted by atomic mass is 35.5. The SMILES string of the molecule is CCC(=O)O[C@]1(C(=O)CCl)[C@@H](C)C[C@H]2[C@@H]3C[C@H](F)C4=CC(=O)CC[C@]4(C)[C@H]3[C@@H](O)C[C@@]21C. The number of esters is 1. The van der Waals surface area contributed by atoms with Gasteiger partial charge in [-0.15, -0.1) is 11.6 Å². The smallest absolute Gasteiger partial charge is 0.306 e. The lowest BCUT2D eigenvalue weighted by atomic mass is 9.45. The van der Waals surface area contributed by atoms with Gasteiger partial charge in [0.15, 0.2) is 17.2 Å². The number of ketones is 2. The molecule has 1 N–H and O–H groups in total. The maximum Gasteiger partial charge on any atom is 0.306 e. The Morgan fingerprint density at radius 1 is 1.31 bits per heavy atom.